The van der Waals surface area contributed by atoms with E-state index < -0.39 is 98.9 Å². The highest BCUT2D eigenvalue weighted by atomic mass is 16.7. The molecule has 0 bridgehead atoms. The molecular formula is C17H33N3O11. The van der Waals surface area contributed by atoms with Gasteiger partial charge >= 0.3 is 0 Å². The van der Waals surface area contributed by atoms with Gasteiger partial charge in [-0.25, -0.2) is 0 Å². The van der Waals surface area contributed by atoms with Crippen LogP contribution < -0.4 is 17.2 Å². The Balaban J connectivity index is 1.78. The third-order valence-corrected chi connectivity index (χ3v) is 6.07. The molecule has 5 unspecified atom stereocenters. The van der Waals surface area contributed by atoms with Gasteiger partial charge in [0.15, 0.2) is 12.6 Å². The van der Waals surface area contributed by atoms with Gasteiger partial charge in [-0.3, -0.25) is 0 Å². The van der Waals surface area contributed by atoms with E-state index in [4.69, 9.17) is 36.1 Å². The number of nitrogens with two attached hydrogens (primary N) is 3. The van der Waals surface area contributed by atoms with E-state index in [2.05, 4.69) is 0 Å². The Hall–Kier alpha value is -0.560. The highest BCUT2D eigenvalue weighted by Gasteiger charge is 2.52. The van der Waals surface area contributed by atoms with Crippen LogP contribution in [0, 0.1) is 0 Å². The number of aliphatic hydroxyl groups excluding tert-OH is 7. The standard InChI is InChI=1S/C17H33N3O11/c18-4-1-5(19)14(30-16-8(20)12(26)10(24)6(2-21)28-16)15(9(4)23)31-17-13(27)11(25)7(3-22)29-17/h4-17,21-27H,1-3,18-20H2/t4-,5?,6?,7-,8?,9?,10-,11+,12-,13?,14-,15-,16-,17+/m1/s1. The Kier molecular flexibility index (Phi) is 8.21. The predicted octanol–water partition coefficient (Wildman–Crippen LogP) is -6.62. The molecule has 3 rings (SSSR count). The molecule has 1 aliphatic carbocycles. The van der Waals surface area contributed by atoms with Crippen LogP contribution in [0.15, 0.2) is 0 Å². The lowest BCUT2D eigenvalue weighted by Crippen LogP contribution is -2.68. The van der Waals surface area contributed by atoms with Gasteiger partial charge in [0.2, 0.25) is 0 Å². The number of aliphatic hydroxyl groups is 7. The summed E-state index contributed by atoms with van der Waals surface area (Å²) in [6.45, 7) is -1.19. The first-order chi connectivity index (χ1) is 14.6. The molecule has 2 aliphatic heterocycles. The van der Waals surface area contributed by atoms with E-state index in [9.17, 15) is 35.7 Å². The van der Waals surface area contributed by atoms with Crippen molar-refractivity contribution in [3.8, 4) is 0 Å². The fourth-order valence-electron chi connectivity index (χ4n) is 4.12. The average Bonchev–Trinajstić information content (AvgIpc) is 3.02. The molecule has 3 fully saturated rings. The summed E-state index contributed by atoms with van der Waals surface area (Å²) in [4.78, 5) is 0. The minimum Gasteiger partial charge on any atom is -0.394 e. The first kappa shape index (κ1) is 25.1. The second kappa shape index (κ2) is 10.1. The zero-order valence-electron chi connectivity index (χ0n) is 16.7. The third-order valence-electron chi connectivity index (χ3n) is 6.07. The highest BCUT2D eigenvalue weighted by Crippen LogP contribution is 2.32. The molecular weight excluding hydrogens is 422 g/mol. The van der Waals surface area contributed by atoms with Crippen LogP contribution >= 0.6 is 0 Å². The fourth-order valence-corrected chi connectivity index (χ4v) is 4.12. The van der Waals surface area contributed by atoms with E-state index in [0.29, 0.717) is 0 Å². The SMILES string of the molecule is NC1[C@@H](O[C@@H]2C(N)C[C@@H](N)C(O)[C@H]2O[C@@H]2O[C@H](CO)[C@H](O)C2O)OC(CO)[C@@H](O)[C@@H]1O. The Morgan fingerprint density at radius 1 is 0.645 bits per heavy atom. The van der Waals surface area contributed by atoms with Crippen LogP contribution in [0.3, 0.4) is 0 Å². The Labute approximate surface area is 178 Å². The summed E-state index contributed by atoms with van der Waals surface area (Å²) < 4.78 is 22.2. The quantitative estimate of drug-likeness (QED) is 0.179. The monoisotopic (exact) mass is 455 g/mol. The number of rotatable bonds is 6. The Morgan fingerprint density at radius 2 is 1.16 bits per heavy atom. The smallest absolute Gasteiger partial charge is 0.187 e. The minimum atomic E-state index is -1.52. The second-order valence-corrected chi connectivity index (χ2v) is 8.25. The van der Waals surface area contributed by atoms with Crippen molar-refractivity contribution in [1.29, 1.82) is 0 Å². The minimum absolute atomic E-state index is 0.123. The van der Waals surface area contributed by atoms with Gasteiger partial charge in [0.05, 0.1) is 25.4 Å². The van der Waals surface area contributed by atoms with Gasteiger partial charge in [0.1, 0.15) is 48.8 Å². The fraction of sp³-hybridized carbons (Fsp3) is 1.00. The average molecular weight is 455 g/mol. The van der Waals surface area contributed by atoms with Gasteiger partial charge in [-0.2, -0.15) is 0 Å². The van der Waals surface area contributed by atoms with E-state index in [0.717, 1.165) is 0 Å². The summed E-state index contributed by atoms with van der Waals surface area (Å²) in [5.74, 6) is 0. The normalized spacial score (nSPS) is 53.6. The summed E-state index contributed by atoms with van der Waals surface area (Å²) in [7, 11) is 0. The molecule has 0 aromatic heterocycles. The van der Waals surface area contributed by atoms with Gasteiger partial charge in [-0.15, -0.1) is 0 Å². The van der Waals surface area contributed by atoms with Crippen LogP contribution in [0.5, 0.6) is 0 Å². The van der Waals surface area contributed by atoms with Crippen molar-refractivity contribution >= 4 is 0 Å². The molecule has 14 heteroatoms. The molecule has 13 N–H and O–H groups in total. The van der Waals surface area contributed by atoms with E-state index in [1.807, 2.05) is 0 Å². The molecule has 2 heterocycles. The molecule has 0 spiro atoms. The lowest BCUT2D eigenvalue weighted by Gasteiger charge is -2.47. The Bertz CT molecular complexity index is 590. The highest BCUT2D eigenvalue weighted by molar-refractivity contribution is 5.01. The van der Waals surface area contributed by atoms with Gasteiger partial charge in [-0.1, -0.05) is 0 Å². The predicted molar refractivity (Wildman–Crippen MR) is 99.8 cm³/mol. The number of hydrogen-bond donors (Lipinski definition) is 10. The second-order valence-electron chi connectivity index (χ2n) is 8.25. The largest absolute Gasteiger partial charge is 0.394 e. The van der Waals surface area contributed by atoms with Crippen molar-refractivity contribution in [2.45, 2.75) is 92.1 Å². The lowest BCUT2D eigenvalue weighted by molar-refractivity contribution is -0.310. The summed E-state index contributed by atoms with van der Waals surface area (Å²) in [5, 5.41) is 69.4. The van der Waals surface area contributed by atoms with Crippen LogP contribution in [0.1, 0.15) is 6.42 Å². The molecule has 0 radical (unpaired) electrons. The van der Waals surface area contributed by atoms with Crippen LogP contribution in [0.2, 0.25) is 0 Å². The maximum atomic E-state index is 10.6. The summed E-state index contributed by atoms with van der Waals surface area (Å²) in [5.41, 5.74) is 18.0. The molecule has 0 aromatic carbocycles. The topological polar surface area (TPSA) is 257 Å². The summed E-state index contributed by atoms with van der Waals surface area (Å²) in [6, 6.07) is -2.82. The van der Waals surface area contributed by atoms with Crippen molar-refractivity contribution in [3.63, 3.8) is 0 Å². The molecule has 1 saturated carbocycles. The van der Waals surface area contributed by atoms with Crippen molar-refractivity contribution in [2.75, 3.05) is 13.2 Å². The van der Waals surface area contributed by atoms with Crippen LogP contribution in [0.4, 0.5) is 0 Å². The lowest BCUT2D eigenvalue weighted by atomic mass is 9.84. The van der Waals surface area contributed by atoms with Crippen molar-refractivity contribution in [2.24, 2.45) is 17.2 Å². The van der Waals surface area contributed by atoms with Crippen LogP contribution in [-0.4, -0.2) is 135 Å². The molecule has 0 amide bonds. The molecule has 14 nitrogen and oxygen atoms in total. The van der Waals surface area contributed by atoms with E-state index in [1.54, 1.807) is 0 Å². The molecule has 14 atom stereocenters. The summed E-state index contributed by atoms with van der Waals surface area (Å²) in [6.07, 6.45) is -14.5. The molecule has 3 aliphatic rings. The zero-order valence-corrected chi connectivity index (χ0v) is 16.7. The maximum absolute atomic E-state index is 10.6. The van der Waals surface area contributed by atoms with Crippen LogP contribution in [0.25, 0.3) is 0 Å². The van der Waals surface area contributed by atoms with Crippen LogP contribution in [-0.2, 0) is 18.9 Å². The molecule has 2 saturated heterocycles. The molecule has 182 valence electrons. The van der Waals surface area contributed by atoms with E-state index in [-0.39, 0.29) is 6.42 Å². The van der Waals surface area contributed by atoms with Crippen molar-refractivity contribution in [3.05, 3.63) is 0 Å². The Morgan fingerprint density at radius 3 is 1.74 bits per heavy atom. The van der Waals surface area contributed by atoms with E-state index in [1.165, 1.54) is 0 Å². The molecule has 31 heavy (non-hydrogen) atoms. The number of ether oxygens (including phenoxy) is 4. The van der Waals surface area contributed by atoms with Gasteiger partial charge in [0.25, 0.3) is 0 Å². The van der Waals surface area contributed by atoms with Crippen molar-refractivity contribution in [1.82, 2.24) is 0 Å². The maximum Gasteiger partial charge on any atom is 0.187 e. The summed E-state index contributed by atoms with van der Waals surface area (Å²) >= 11 is 0. The third kappa shape index (κ3) is 4.87. The first-order valence-corrected chi connectivity index (χ1v) is 10.1. The van der Waals surface area contributed by atoms with Crippen molar-refractivity contribution < 1.29 is 54.7 Å². The van der Waals surface area contributed by atoms with E-state index >= 15 is 0 Å². The van der Waals surface area contributed by atoms with Gasteiger partial charge < -0.3 is 71.9 Å². The van der Waals surface area contributed by atoms with Gasteiger partial charge in [-0.05, 0) is 6.42 Å². The molecule has 0 aromatic rings. The number of hydrogen-bond acceptors (Lipinski definition) is 14. The van der Waals surface area contributed by atoms with Gasteiger partial charge in [0, 0.05) is 12.1 Å². The first-order valence-electron chi connectivity index (χ1n) is 10.1. The zero-order chi connectivity index (χ0) is 23.0.